The van der Waals surface area contributed by atoms with Crippen LogP contribution in [0.25, 0.3) is 10.9 Å². The quantitative estimate of drug-likeness (QED) is 0.742. The minimum Gasteiger partial charge on any atom is -0.311 e. The number of aromatic amines is 1. The second kappa shape index (κ2) is 4.23. The third-order valence-corrected chi connectivity index (χ3v) is 3.35. The number of hydrogen-bond acceptors (Lipinski definition) is 4. The lowest BCUT2D eigenvalue weighted by molar-refractivity contribution is 0.102. The summed E-state index contributed by atoms with van der Waals surface area (Å²) >= 11 is 1.26. The highest BCUT2D eigenvalue weighted by Crippen LogP contribution is 2.19. The molecule has 5 nitrogen and oxygen atoms in total. The maximum Gasteiger partial charge on any atom is 0.277 e. The van der Waals surface area contributed by atoms with Crippen LogP contribution in [0.4, 0.5) is 5.00 Å². The molecular formula is C12H10N4OS. The highest BCUT2D eigenvalue weighted by Gasteiger charge is 2.14. The molecule has 6 heteroatoms. The summed E-state index contributed by atoms with van der Waals surface area (Å²) in [5.74, 6) is -0.226. The van der Waals surface area contributed by atoms with Gasteiger partial charge in [-0.2, -0.15) is 9.47 Å². The van der Waals surface area contributed by atoms with Gasteiger partial charge in [0.25, 0.3) is 5.91 Å². The number of hydrogen-bond donors (Lipinski definition) is 2. The predicted octanol–water partition coefficient (Wildman–Crippen LogP) is 2.58. The number of rotatable bonds is 2. The van der Waals surface area contributed by atoms with E-state index in [9.17, 15) is 4.79 Å². The summed E-state index contributed by atoms with van der Waals surface area (Å²) in [7, 11) is 0. The van der Waals surface area contributed by atoms with Gasteiger partial charge >= 0.3 is 0 Å². The molecule has 18 heavy (non-hydrogen) atoms. The van der Waals surface area contributed by atoms with Crippen LogP contribution in [-0.2, 0) is 0 Å². The van der Waals surface area contributed by atoms with E-state index >= 15 is 0 Å². The van der Waals surface area contributed by atoms with Crippen LogP contribution in [0.5, 0.6) is 0 Å². The Balaban J connectivity index is 1.92. The first-order chi connectivity index (χ1) is 8.74. The van der Waals surface area contributed by atoms with E-state index in [0.717, 1.165) is 21.6 Å². The summed E-state index contributed by atoms with van der Waals surface area (Å²) in [6.07, 6.45) is 0. The van der Waals surface area contributed by atoms with Crippen molar-refractivity contribution in [1.82, 2.24) is 14.6 Å². The van der Waals surface area contributed by atoms with Crippen molar-refractivity contribution < 1.29 is 4.79 Å². The molecule has 0 spiro atoms. The fourth-order valence-corrected chi connectivity index (χ4v) is 2.39. The number of H-pyrrole nitrogens is 1. The number of amides is 1. The molecule has 3 aromatic rings. The van der Waals surface area contributed by atoms with Gasteiger partial charge in [0.1, 0.15) is 5.00 Å². The molecule has 1 aromatic carbocycles. The number of anilines is 1. The number of carbonyl (C=O) groups is 1. The molecule has 2 heterocycles. The van der Waals surface area contributed by atoms with E-state index in [4.69, 9.17) is 0 Å². The Bertz CT molecular complexity index is 716. The molecule has 3 rings (SSSR count). The smallest absolute Gasteiger partial charge is 0.277 e. The summed E-state index contributed by atoms with van der Waals surface area (Å²) < 4.78 is 4.11. The zero-order chi connectivity index (χ0) is 12.5. The van der Waals surface area contributed by atoms with Crippen molar-refractivity contribution >= 4 is 33.3 Å². The largest absolute Gasteiger partial charge is 0.311 e. The Hall–Kier alpha value is -2.21. The average molecular weight is 258 g/mol. The van der Waals surface area contributed by atoms with E-state index in [0.29, 0.717) is 5.69 Å². The third-order valence-electron chi connectivity index (χ3n) is 2.55. The first kappa shape index (κ1) is 10.9. The van der Waals surface area contributed by atoms with Gasteiger partial charge in [-0.15, -0.1) is 0 Å². The van der Waals surface area contributed by atoms with Crippen molar-refractivity contribution in [2.45, 2.75) is 6.92 Å². The van der Waals surface area contributed by atoms with Crippen LogP contribution >= 0.6 is 11.5 Å². The average Bonchev–Trinajstić information content (AvgIpc) is 2.95. The Morgan fingerprint density at radius 2 is 2.22 bits per heavy atom. The maximum absolute atomic E-state index is 12.1. The molecule has 2 N–H and O–H groups in total. The summed E-state index contributed by atoms with van der Waals surface area (Å²) in [5.41, 5.74) is 2.14. The van der Waals surface area contributed by atoms with E-state index in [1.165, 1.54) is 11.5 Å². The van der Waals surface area contributed by atoms with Gasteiger partial charge in [0.2, 0.25) is 0 Å². The van der Waals surface area contributed by atoms with Gasteiger partial charge in [-0.05, 0) is 30.6 Å². The first-order valence-electron chi connectivity index (χ1n) is 5.42. The van der Waals surface area contributed by atoms with Gasteiger partial charge < -0.3 is 5.32 Å². The second-order valence-electron chi connectivity index (χ2n) is 3.90. The standard InChI is InChI=1S/C12H10N4OS/c1-7-6-10(18-16-7)13-12(17)11-8-4-2-3-5-9(8)14-15-11/h2-6H,1H3,(H,13,17)(H,14,15). The molecule has 2 aromatic heterocycles. The summed E-state index contributed by atoms with van der Waals surface area (Å²) in [6, 6.07) is 9.36. The molecule has 90 valence electrons. The number of carbonyl (C=O) groups excluding carboxylic acids is 1. The molecule has 0 saturated heterocycles. The molecule has 0 fully saturated rings. The van der Waals surface area contributed by atoms with Crippen molar-refractivity contribution in [3.8, 4) is 0 Å². The van der Waals surface area contributed by atoms with Crippen LogP contribution in [0, 0.1) is 6.92 Å². The zero-order valence-corrected chi connectivity index (χ0v) is 10.4. The second-order valence-corrected chi connectivity index (χ2v) is 4.71. The summed E-state index contributed by atoms with van der Waals surface area (Å²) in [4.78, 5) is 12.1. The molecule has 0 unspecified atom stereocenters. The van der Waals surface area contributed by atoms with Gasteiger partial charge in [-0.25, -0.2) is 0 Å². The third kappa shape index (κ3) is 1.86. The number of nitrogens with one attached hydrogen (secondary N) is 2. The topological polar surface area (TPSA) is 70.7 Å². The van der Waals surface area contributed by atoms with E-state index in [-0.39, 0.29) is 5.91 Å². The van der Waals surface area contributed by atoms with Gasteiger partial charge in [-0.3, -0.25) is 9.89 Å². The highest BCUT2D eigenvalue weighted by molar-refractivity contribution is 7.10. The molecule has 0 aliphatic carbocycles. The molecule has 0 aliphatic heterocycles. The SMILES string of the molecule is Cc1cc(NC(=O)c2n[nH]c3ccccc23)sn1. The van der Waals surface area contributed by atoms with E-state index in [2.05, 4.69) is 19.9 Å². The molecule has 0 aliphatic rings. The lowest BCUT2D eigenvalue weighted by Crippen LogP contribution is -2.11. The van der Waals surface area contributed by atoms with Crippen molar-refractivity contribution in [1.29, 1.82) is 0 Å². The number of nitrogens with zero attached hydrogens (tertiary/aromatic N) is 2. The normalized spacial score (nSPS) is 10.7. The van der Waals surface area contributed by atoms with Gasteiger partial charge in [0, 0.05) is 5.39 Å². The number of fused-ring (bicyclic) bond motifs is 1. The van der Waals surface area contributed by atoms with Gasteiger partial charge in [-0.1, -0.05) is 18.2 Å². The number of benzene rings is 1. The van der Waals surface area contributed by atoms with Crippen LogP contribution in [-0.4, -0.2) is 20.5 Å². The Morgan fingerprint density at radius 1 is 1.39 bits per heavy atom. The molecule has 0 bridgehead atoms. The summed E-state index contributed by atoms with van der Waals surface area (Å²) in [6.45, 7) is 1.89. The predicted molar refractivity (Wildman–Crippen MR) is 70.9 cm³/mol. The molecular weight excluding hydrogens is 248 g/mol. The minimum atomic E-state index is -0.226. The number of aromatic nitrogens is 3. The number of aryl methyl sites for hydroxylation is 1. The molecule has 0 saturated carbocycles. The Kier molecular flexibility index (Phi) is 2.56. The first-order valence-corrected chi connectivity index (χ1v) is 6.19. The molecule has 1 amide bonds. The minimum absolute atomic E-state index is 0.226. The molecule has 0 radical (unpaired) electrons. The molecule has 0 atom stereocenters. The van der Waals surface area contributed by atoms with Crippen molar-refractivity contribution in [2.75, 3.05) is 5.32 Å². The van der Waals surface area contributed by atoms with E-state index in [1.54, 1.807) is 0 Å². The van der Waals surface area contributed by atoms with Crippen LogP contribution in [0.1, 0.15) is 16.2 Å². The van der Waals surface area contributed by atoms with Crippen molar-refractivity contribution in [2.24, 2.45) is 0 Å². The van der Waals surface area contributed by atoms with E-state index in [1.807, 2.05) is 37.3 Å². The van der Waals surface area contributed by atoms with Crippen LogP contribution in [0.15, 0.2) is 30.3 Å². The summed E-state index contributed by atoms with van der Waals surface area (Å²) in [5, 5.41) is 11.2. The zero-order valence-electron chi connectivity index (χ0n) is 9.60. The Morgan fingerprint density at radius 3 is 3.00 bits per heavy atom. The maximum atomic E-state index is 12.1. The van der Waals surface area contributed by atoms with Gasteiger partial charge in [0.05, 0.1) is 11.2 Å². The van der Waals surface area contributed by atoms with Crippen LogP contribution < -0.4 is 5.32 Å². The van der Waals surface area contributed by atoms with Gasteiger partial charge in [0.15, 0.2) is 5.69 Å². The van der Waals surface area contributed by atoms with E-state index < -0.39 is 0 Å². The Labute approximate surface area is 107 Å². The van der Waals surface area contributed by atoms with Crippen LogP contribution in [0.3, 0.4) is 0 Å². The van der Waals surface area contributed by atoms with Crippen molar-refractivity contribution in [3.05, 3.63) is 41.7 Å². The van der Waals surface area contributed by atoms with Crippen LogP contribution in [0.2, 0.25) is 0 Å². The van der Waals surface area contributed by atoms with Crippen molar-refractivity contribution in [3.63, 3.8) is 0 Å². The fourth-order valence-electron chi connectivity index (χ4n) is 1.73. The lowest BCUT2D eigenvalue weighted by Gasteiger charge is -1.98. The lowest BCUT2D eigenvalue weighted by atomic mass is 10.2. The monoisotopic (exact) mass is 258 g/mol. The highest BCUT2D eigenvalue weighted by atomic mass is 32.1. The fraction of sp³-hybridized carbons (Fsp3) is 0.0833. The number of para-hydroxylation sites is 1.